The van der Waals surface area contributed by atoms with Gasteiger partial charge < -0.3 is 19.2 Å². The summed E-state index contributed by atoms with van der Waals surface area (Å²) in [5.41, 5.74) is 1.66. The summed E-state index contributed by atoms with van der Waals surface area (Å²) in [5.74, 6) is 0.206. The average Bonchev–Trinajstić information content (AvgIpc) is 3.37. The topological polar surface area (TPSA) is 104 Å². The summed E-state index contributed by atoms with van der Waals surface area (Å²) in [6.07, 6.45) is 0. The second-order valence-electron chi connectivity index (χ2n) is 8.25. The highest BCUT2D eigenvalue weighted by Gasteiger charge is 2.22. The summed E-state index contributed by atoms with van der Waals surface area (Å²) in [4.78, 5) is 23.8. The van der Waals surface area contributed by atoms with E-state index in [2.05, 4.69) is 5.32 Å². The molecule has 0 saturated carbocycles. The lowest BCUT2D eigenvalue weighted by atomic mass is 10.1. The number of halogens is 5. The number of hydrogen-bond donors (Lipinski definition) is 1. The van der Waals surface area contributed by atoms with Crippen molar-refractivity contribution in [2.24, 2.45) is 0 Å². The van der Waals surface area contributed by atoms with Crippen molar-refractivity contribution in [3.63, 3.8) is 0 Å². The van der Waals surface area contributed by atoms with E-state index in [0.717, 1.165) is 11.1 Å². The zero-order chi connectivity index (χ0) is 28.4. The summed E-state index contributed by atoms with van der Waals surface area (Å²) in [6.45, 7) is 3.58. The quantitative estimate of drug-likeness (QED) is 0.0900. The van der Waals surface area contributed by atoms with Gasteiger partial charge in [0.25, 0.3) is 11.6 Å². The van der Waals surface area contributed by atoms with Gasteiger partial charge in [-0.25, -0.2) is 0 Å². The maximum Gasteiger partial charge on any atom is 0.291 e. The minimum atomic E-state index is -0.659. The predicted molar refractivity (Wildman–Crippen MR) is 152 cm³/mol. The van der Waals surface area contributed by atoms with Crippen LogP contribution in [-0.4, -0.2) is 10.8 Å². The van der Waals surface area contributed by atoms with Crippen molar-refractivity contribution in [2.45, 2.75) is 20.5 Å². The molecule has 0 saturated heterocycles. The summed E-state index contributed by atoms with van der Waals surface area (Å²) in [5, 5.41) is 13.9. The minimum Gasteiger partial charge on any atom is -0.482 e. The molecule has 39 heavy (non-hydrogen) atoms. The first-order chi connectivity index (χ1) is 18.4. The van der Waals surface area contributed by atoms with E-state index in [0.29, 0.717) is 5.75 Å². The van der Waals surface area contributed by atoms with E-state index >= 15 is 0 Å². The first kappa shape index (κ1) is 28.9. The zero-order valence-corrected chi connectivity index (χ0v) is 23.9. The lowest BCUT2D eigenvalue weighted by Crippen LogP contribution is -2.11. The van der Waals surface area contributed by atoms with E-state index in [4.69, 9.17) is 71.9 Å². The lowest BCUT2D eigenvalue weighted by molar-refractivity contribution is -0.384. The molecule has 8 nitrogen and oxygen atoms in total. The van der Waals surface area contributed by atoms with Crippen LogP contribution in [0.3, 0.4) is 0 Å². The molecule has 0 aliphatic heterocycles. The Kier molecular flexibility index (Phi) is 8.83. The lowest BCUT2D eigenvalue weighted by Gasteiger charge is -2.13. The molecular formula is C26H17Cl5N2O6. The van der Waals surface area contributed by atoms with Crippen molar-refractivity contribution in [3.05, 3.63) is 106 Å². The fourth-order valence-corrected chi connectivity index (χ4v) is 4.62. The summed E-state index contributed by atoms with van der Waals surface area (Å²) < 4.78 is 17.0. The van der Waals surface area contributed by atoms with Crippen LogP contribution in [0.1, 0.15) is 27.4 Å². The molecule has 13 heteroatoms. The standard InChI is InChI=1S/C26H17Cl5N2O6/c1-12-3-4-13(2)19(7-12)39-17-9-14(8-15(10-17)33(35)36)32-26(34)18-6-5-16(38-18)11-37-25-23(30)21(28)20(27)22(29)24(25)31/h3-10H,11H2,1-2H3,(H,32,34). The van der Waals surface area contributed by atoms with E-state index in [-0.39, 0.29) is 66.1 Å². The Bertz CT molecular complexity index is 1580. The van der Waals surface area contributed by atoms with Crippen LogP contribution < -0.4 is 14.8 Å². The highest BCUT2D eigenvalue weighted by Crippen LogP contribution is 2.48. The third-order valence-corrected chi connectivity index (χ3v) is 7.59. The van der Waals surface area contributed by atoms with Crippen molar-refractivity contribution < 1.29 is 23.6 Å². The van der Waals surface area contributed by atoms with E-state index in [9.17, 15) is 14.9 Å². The Morgan fingerprint density at radius 2 is 1.59 bits per heavy atom. The number of hydrogen-bond acceptors (Lipinski definition) is 6. The van der Waals surface area contributed by atoms with Crippen LogP contribution in [0, 0.1) is 24.0 Å². The zero-order valence-electron chi connectivity index (χ0n) is 20.1. The number of amides is 1. The Morgan fingerprint density at radius 3 is 2.26 bits per heavy atom. The average molecular weight is 631 g/mol. The van der Waals surface area contributed by atoms with Crippen molar-refractivity contribution in [1.29, 1.82) is 0 Å². The molecule has 1 amide bonds. The number of furan rings is 1. The van der Waals surface area contributed by atoms with Crippen LogP contribution in [0.25, 0.3) is 0 Å². The monoisotopic (exact) mass is 628 g/mol. The van der Waals surface area contributed by atoms with Crippen molar-refractivity contribution in [3.8, 4) is 17.2 Å². The van der Waals surface area contributed by atoms with E-state index in [1.807, 2.05) is 32.0 Å². The number of non-ortho nitro benzene ring substituents is 1. The molecule has 0 aliphatic rings. The van der Waals surface area contributed by atoms with Crippen LogP contribution in [0.5, 0.6) is 17.2 Å². The highest BCUT2D eigenvalue weighted by molar-refractivity contribution is 6.55. The molecule has 4 rings (SSSR count). The van der Waals surface area contributed by atoms with E-state index in [1.54, 1.807) is 0 Å². The van der Waals surface area contributed by atoms with Gasteiger partial charge in [-0.05, 0) is 43.2 Å². The van der Waals surface area contributed by atoms with Gasteiger partial charge >= 0.3 is 0 Å². The highest BCUT2D eigenvalue weighted by atomic mass is 35.5. The van der Waals surface area contributed by atoms with Crippen molar-refractivity contribution in [2.75, 3.05) is 5.32 Å². The number of nitrogens with one attached hydrogen (secondary N) is 1. The van der Waals surface area contributed by atoms with Gasteiger partial charge in [-0.15, -0.1) is 0 Å². The summed E-state index contributed by atoms with van der Waals surface area (Å²) >= 11 is 30.4. The van der Waals surface area contributed by atoms with Crippen molar-refractivity contribution in [1.82, 2.24) is 0 Å². The molecule has 1 N–H and O–H groups in total. The van der Waals surface area contributed by atoms with Crippen molar-refractivity contribution >= 4 is 75.3 Å². The van der Waals surface area contributed by atoms with Gasteiger partial charge in [-0.1, -0.05) is 70.1 Å². The number of nitro groups is 1. The second kappa shape index (κ2) is 11.9. The first-order valence-electron chi connectivity index (χ1n) is 11.0. The van der Waals surface area contributed by atoms with Gasteiger partial charge in [0.05, 0.1) is 31.7 Å². The third kappa shape index (κ3) is 6.54. The van der Waals surface area contributed by atoms with Crippen LogP contribution in [0.4, 0.5) is 11.4 Å². The van der Waals surface area contributed by atoms with Gasteiger partial charge in [0, 0.05) is 12.1 Å². The summed E-state index contributed by atoms with van der Waals surface area (Å²) in [7, 11) is 0. The Labute approximate surface area is 247 Å². The molecule has 3 aromatic carbocycles. The maximum absolute atomic E-state index is 12.8. The Morgan fingerprint density at radius 1 is 0.923 bits per heavy atom. The Balaban J connectivity index is 1.51. The predicted octanol–water partition coefficient (Wildman–Crippen LogP) is 9.70. The van der Waals surface area contributed by atoms with Crippen LogP contribution >= 0.6 is 58.0 Å². The van der Waals surface area contributed by atoms with Crippen LogP contribution in [0.15, 0.2) is 52.9 Å². The fourth-order valence-electron chi connectivity index (χ4n) is 3.39. The number of rotatable bonds is 8. The molecule has 0 bridgehead atoms. The molecular weight excluding hydrogens is 614 g/mol. The smallest absolute Gasteiger partial charge is 0.291 e. The normalized spacial score (nSPS) is 10.8. The molecule has 202 valence electrons. The molecule has 0 unspecified atom stereocenters. The SMILES string of the molecule is Cc1ccc(C)c(Oc2cc(NC(=O)c3ccc(COc4c(Cl)c(Cl)c(Cl)c(Cl)c4Cl)o3)cc([N+](=O)[O-])c2)c1. The molecule has 1 heterocycles. The first-order valence-corrected chi connectivity index (χ1v) is 12.9. The van der Waals surface area contributed by atoms with Gasteiger partial charge in [0.2, 0.25) is 0 Å². The number of ether oxygens (including phenoxy) is 2. The molecule has 0 aliphatic carbocycles. The van der Waals surface area contributed by atoms with E-state index in [1.165, 1.54) is 30.3 Å². The third-order valence-electron chi connectivity index (χ3n) is 5.35. The van der Waals surface area contributed by atoms with Gasteiger partial charge in [0.15, 0.2) is 11.5 Å². The largest absolute Gasteiger partial charge is 0.482 e. The van der Waals surface area contributed by atoms with Gasteiger partial charge in [0.1, 0.15) is 33.9 Å². The molecule has 0 fully saturated rings. The number of benzene rings is 3. The number of anilines is 1. The maximum atomic E-state index is 12.8. The molecule has 0 atom stereocenters. The van der Waals surface area contributed by atoms with E-state index < -0.39 is 10.8 Å². The van der Waals surface area contributed by atoms with Gasteiger partial charge in [-0.2, -0.15) is 0 Å². The minimum absolute atomic E-state index is 0.00638. The number of carbonyl (C=O) groups excluding carboxylic acids is 1. The number of aryl methyl sites for hydroxylation is 2. The number of carbonyl (C=O) groups is 1. The van der Waals surface area contributed by atoms with Gasteiger partial charge in [-0.3, -0.25) is 14.9 Å². The van der Waals surface area contributed by atoms with Crippen LogP contribution in [-0.2, 0) is 6.61 Å². The summed E-state index contributed by atoms with van der Waals surface area (Å²) in [6, 6.07) is 12.5. The Hall–Kier alpha value is -3.14. The molecule has 4 aromatic rings. The number of nitro benzene ring substituents is 1. The fraction of sp³-hybridized carbons (Fsp3) is 0.115. The second-order valence-corrected chi connectivity index (χ2v) is 10.1. The molecule has 0 spiro atoms. The molecule has 0 radical (unpaired) electrons. The van der Waals surface area contributed by atoms with Crippen LogP contribution in [0.2, 0.25) is 25.1 Å². The number of nitrogens with zero attached hydrogens (tertiary/aromatic N) is 1. The molecule has 1 aromatic heterocycles.